The lowest BCUT2D eigenvalue weighted by atomic mass is 10.0. The molecule has 1 N–H and O–H groups in total. The van der Waals surface area contributed by atoms with E-state index in [2.05, 4.69) is 28.2 Å². The molecule has 1 unspecified atom stereocenters. The first kappa shape index (κ1) is 15.3. The normalized spacial score (nSPS) is 12.4. The molecule has 102 valence electrons. The summed E-state index contributed by atoms with van der Waals surface area (Å²) in [6.45, 7) is 4.90. The number of hydrogen-bond acceptors (Lipinski definition) is 2. The standard InChI is InChI=1S/C14H22BrNO2/c1-3-5-11(8-9-15)10-16-14(17)13-7-6-12(4-2)18-13/h6-7,11H,3-5,8-10H2,1-2H3,(H,16,17). The maximum atomic E-state index is 11.9. The Bertz CT molecular complexity index is 356. The SMILES string of the molecule is CCCC(CCBr)CNC(=O)c1ccc(CC)o1. The van der Waals surface area contributed by atoms with Gasteiger partial charge in [0.05, 0.1) is 0 Å². The van der Waals surface area contributed by atoms with E-state index < -0.39 is 0 Å². The van der Waals surface area contributed by atoms with E-state index in [1.54, 1.807) is 6.07 Å². The van der Waals surface area contributed by atoms with Gasteiger partial charge in [-0.1, -0.05) is 36.2 Å². The van der Waals surface area contributed by atoms with E-state index in [0.717, 1.165) is 43.3 Å². The molecule has 0 saturated carbocycles. The van der Waals surface area contributed by atoms with Crippen molar-refractivity contribution in [1.29, 1.82) is 0 Å². The Morgan fingerprint density at radius 3 is 2.72 bits per heavy atom. The van der Waals surface area contributed by atoms with Gasteiger partial charge in [-0.25, -0.2) is 0 Å². The van der Waals surface area contributed by atoms with Crippen molar-refractivity contribution in [2.24, 2.45) is 5.92 Å². The molecule has 0 bridgehead atoms. The zero-order valence-corrected chi connectivity index (χ0v) is 12.8. The monoisotopic (exact) mass is 315 g/mol. The van der Waals surface area contributed by atoms with E-state index in [1.807, 2.05) is 13.0 Å². The zero-order valence-electron chi connectivity index (χ0n) is 11.2. The maximum Gasteiger partial charge on any atom is 0.287 e. The van der Waals surface area contributed by atoms with Crippen LogP contribution < -0.4 is 5.32 Å². The summed E-state index contributed by atoms with van der Waals surface area (Å²) in [5, 5.41) is 3.93. The van der Waals surface area contributed by atoms with Crippen LogP contribution in [0.25, 0.3) is 0 Å². The minimum absolute atomic E-state index is 0.106. The van der Waals surface area contributed by atoms with Gasteiger partial charge in [0, 0.05) is 18.3 Å². The zero-order chi connectivity index (χ0) is 13.4. The summed E-state index contributed by atoms with van der Waals surface area (Å²) in [6, 6.07) is 3.60. The van der Waals surface area contributed by atoms with Crippen LogP contribution in [0.15, 0.2) is 16.5 Å². The number of rotatable bonds is 8. The summed E-state index contributed by atoms with van der Waals surface area (Å²) in [5.41, 5.74) is 0. The highest BCUT2D eigenvalue weighted by molar-refractivity contribution is 9.09. The van der Waals surface area contributed by atoms with Crippen LogP contribution in [-0.2, 0) is 6.42 Å². The lowest BCUT2D eigenvalue weighted by Gasteiger charge is -2.14. The summed E-state index contributed by atoms with van der Waals surface area (Å²) in [4.78, 5) is 11.9. The molecule has 0 spiro atoms. The van der Waals surface area contributed by atoms with Crippen LogP contribution >= 0.6 is 15.9 Å². The predicted octanol–water partition coefficient (Wildman–Crippen LogP) is 3.77. The molecule has 18 heavy (non-hydrogen) atoms. The number of carbonyl (C=O) groups excluding carboxylic acids is 1. The van der Waals surface area contributed by atoms with Gasteiger partial charge in [-0.3, -0.25) is 4.79 Å². The Morgan fingerprint density at radius 2 is 2.17 bits per heavy atom. The van der Waals surface area contributed by atoms with Crippen LogP contribution in [-0.4, -0.2) is 17.8 Å². The summed E-state index contributed by atoms with van der Waals surface area (Å²) >= 11 is 3.45. The first-order valence-corrected chi connectivity index (χ1v) is 7.76. The minimum Gasteiger partial charge on any atom is -0.456 e. The van der Waals surface area contributed by atoms with Gasteiger partial charge >= 0.3 is 0 Å². The predicted molar refractivity (Wildman–Crippen MR) is 77.2 cm³/mol. The van der Waals surface area contributed by atoms with E-state index in [4.69, 9.17) is 4.42 Å². The first-order chi connectivity index (χ1) is 8.71. The average molecular weight is 316 g/mol. The lowest BCUT2D eigenvalue weighted by Crippen LogP contribution is -2.29. The molecule has 1 atom stereocenters. The van der Waals surface area contributed by atoms with Gasteiger partial charge in [-0.05, 0) is 30.9 Å². The molecule has 0 fully saturated rings. The third-order valence-corrected chi connectivity index (χ3v) is 3.46. The van der Waals surface area contributed by atoms with E-state index in [0.29, 0.717) is 11.7 Å². The van der Waals surface area contributed by atoms with Crippen molar-refractivity contribution >= 4 is 21.8 Å². The summed E-state index contributed by atoms with van der Waals surface area (Å²) in [7, 11) is 0. The Balaban J connectivity index is 2.43. The van der Waals surface area contributed by atoms with Crippen LogP contribution in [0.4, 0.5) is 0 Å². The average Bonchev–Trinajstić information content (AvgIpc) is 2.85. The van der Waals surface area contributed by atoms with Crippen LogP contribution in [0.2, 0.25) is 0 Å². The van der Waals surface area contributed by atoms with Gasteiger partial charge in [-0.2, -0.15) is 0 Å². The fourth-order valence-corrected chi connectivity index (χ4v) is 2.57. The smallest absolute Gasteiger partial charge is 0.287 e. The molecule has 0 aliphatic carbocycles. The third-order valence-electron chi connectivity index (χ3n) is 3.00. The van der Waals surface area contributed by atoms with Crippen molar-refractivity contribution in [2.45, 2.75) is 39.5 Å². The van der Waals surface area contributed by atoms with E-state index >= 15 is 0 Å². The van der Waals surface area contributed by atoms with Gasteiger partial charge in [-0.15, -0.1) is 0 Å². The van der Waals surface area contributed by atoms with Gasteiger partial charge in [0.15, 0.2) is 5.76 Å². The van der Waals surface area contributed by atoms with Crippen LogP contribution in [0.3, 0.4) is 0 Å². The Morgan fingerprint density at radius 1 is 1.39 bits per heavy atom. The number of nitrogens with one attached hydrogen (secondary N) is 1. The minimum atomic E-state index is -0.106. The van der Waals surface area contributed by atoms with Crippen molar-refractivity contribution < 1.29 is 9.21 Å². The van der Waals surface area contributed by atoms with Crippen LogP contribution in [0.5, 0.6) is 0 Å². The number of amides is 1. The van der Waals surface area contributed by atoms with E-state index in [1.165, 1.54) is 0 Å². The molecule has 0 saturated heterocycles. The summed E-state index contributed by atoms with van der Waals surface area (Å²) in [6.07, 6.45) is 4.19. The molecule has 1 amide bonds. The van der Waals surface area contributed by atoms with Crippen LogP contribution in [0, 0.1) is 5.92 Å². The second-order valence-electron chi connectivity index (χ2n) is 4.46. The van der Waals surface area contributed by atoms with Gasteiger partial charge < -0.3 is 9.73 Å². The topological polar surface area (TPSA) is 42.2 Å². The van der Waals surface area contributed by atoms with Crippen molar-refractivity contribution in [3.8, 4) is 0 Å². The highest BCUT2D eigenvalue weighted by Gasteiger charge is 2.13. The van der Waals surface area contributed by atoms with Crippen molar-refractivity contribution in [1.82, 2.24) is 5.32 Å². The molecule has 1 heterocycles. The van der Waals surface area contributed by atoms with Crippen LogP contribution in [0.1, 0.15) is 49.4 Å². The molecular weight excluding hydrogens is 294 g/mol. The molecule has 1 aromatic heterocycles. The summed E-state index contributed by atoms with van der Waals surface area (Å²) < 4.78 is 5.43. The van der Waals surface area contributed by atoms with Gasteiger partial charge in [0.25, 0.3) is 5.91 Å². The molecule has 0 aromatic carbocycles. The second kappa shape index (κ2) is 8.35. The number of aryl methyl sites for hydroxylation is 1. The maximum absolute atomic E-state index is 11.9. The molecule has 1 rings (SSSR count). The largest absolute Gasteiger partial charge is 0.456 e. The fourth-order valence-electron chi connectivity index (χ4n) is 1.93. The molecule has 3 nitrogen and oxygen atoms in total. The molecule has 4 heteroatoms. The fraction of sp³-hybridized carbons (Fsp3) is 0.643. The van der Waals surface area contributed by atoms with Crippen molar-refractivity contribution in [3.05, 3.63) is 23.7 Å². The van der Waals surface area contributed by atoms with E-state index in [9.17, 15) is 4.79 Å². The quantitative estimate of drug-likeness (QED) is 0.742. The summed E-state index contributed by atoms with van der Waals surface area (Å²) in [5.74, 6) is 1.70. The Kier molecular flexibility index (Phi) is 7.09. The highest BCUT2D eigenvalue weighted by atomic mass is 79.9. The van der Waals surface area contributed by atoms with E-state index in [-0.39, 0.29) is 5.91 Å². The molecule has 1 aromatic rings. The molecular formula is C14H22BrNO2. The first-order valence-electron chi connectivity index (χ1n) is 6.64. The number of carbonyl (C=O) groups is 1. The van der Waals surface area contributed by atoms with Crippen molar-refractivity contribution in [3.63, 3.8) is 0 Å². The Labute approximate surface area is 117 Å². The van der Waals surface area contributed by atoms with Crippen molar-refractivity contribution in [2.75, 3.05) is 11.9 Å². The number of hydrogen-bond donors (Lipinski definition) is 1. The Hall–Kier alpha value is -0.770. The molecule has 0 aliphatic rings. The highest BCUT2D eigenvalue weighted by Crippen LogP contribution is 2.13. The third kappa shape index (κ3) is 4.84. The van der Waals surface area contributed by atoms with Gasteiger partial charge in [0.2, 0.25) is 0 Å². The van der Waals surface area contributed by atoms with Gasteiger partial charge in [0.1, 0.15) is 5.76 Å². The molecule has 0 radical (unpaired) electrons. The lowest BCUT2D eigenvalue weighted by molar-refractivity contribution is 0.0916. The second-order valence-corrected chi connectivity index (χ2v) is 5.25. The number of halogens is 1. The number of furan rings is 1. The molecule has 0 aliphatic heterocycles. The number of alkyl halides is 1.